The summed E-state index contributed by atoms with van der Waals surface area (Å²) in [6.45, 7) is 8.89. The second-order valence-electron chi connectivity index (χ2n) is 14.4. The van der Waals surface area contributed by atoms with Crippen LogP contribution in [0.25, 0.3) is 0 Å². The molecule has 3 aliphatic carbocycles. The van der Waals surface area contributed by atoms with Gasteiger partial charge in [0.1, 0.15) is 5.75 Å². The minimum atomic E-state index is -1.18. The predicted octanol–water partition coefficient (Wildman–Crippen LogP) is 7.69. The van der Waals surface area contributed by atoms with Crippen molar-refractivity contribution in [2.24, 2.45) is 5.41 Å². The van der Waals surface area contributed by atoms with E-state index in [0.717, 1.165) is 30.4 Å². The molecule has 1 saturated carbocycles. The number of thiophene rings is 1. The van der Waals surface area contributed by atoms with Gasteiger partial charge in [-0.15, -0.1) is 11.3 Å². The van der Waals surface area contributed by atoms with Crippen molar-refractivity contribution in [3.8, 4) is 5.75 Å². The van der Waals surface area contributed by atoms with E-state index in [2.05, 4.69) is 37.4 Å². The lowest BCUT2D eigenvalue weighted by Gasteiger charge is -2.46. The average molecular weight is 673 g/mol. The zero-order chi connectivity index (χ0) is 34.5. The van der Waals surface area contributed by atoms with Crippen LogP contribution in [-0.2, 0) is 12.8 Å². The van der Waals surface area contributed by atoms with Crippen molar-refractivity contribution in [1.82, 2.24) is 10.2 Å². The zero-order valence-electron chi connectivity index (χ0n) is 29.1. The van der Waals surface area contributed by atoms with Crippen LogP contribution in [0.15, 0.2) is 71.6 Å². The normalized spacial score (nSPS) is 24.5. The number of allylic oxidation sites excluding steroid dienone is 2. The second-order valence-corrected chi connectivity index (χ2v) is 15.4. The number of rotatable bonds is 9. The lowest BCUT2D eigenvalue weighted by Crippen LogP contribution is -2.56. The van der Waals surface area contributed by atoms with Crippen LogP contribution in [0.4, 0.5) is 4.79 Å². The van der Waals surface area contributed by atoms with Crippen molar-refractivity contribution in [3.63, 3.8) is 0 Å². The Hall–Kier alpha value is -3.46. The maximum Gasteiger partial charge on any atom is 0.317 e. The van der Waals surface area contributed by atoms with Gasteiger partial charge in [-0.25, -0.2) is 4.79 Å². The van der Waals surface area contributed by atoms with E-state index >= 15 is 0 Å². The summed E-state index contributed by atoms with van der Waals surface area (Å²) in [6.07, 6.45) is 6.98. The topological polar surface area (TPSA) is 99.1 Å². The van der Waals surface area contributed by atoms with E-state index in [1.54, 1.807) is 47.6 Å². The van der Waals surface area contributed by atoms with Crippen molar-refractivity contribution < 1.29 is 24.5 Å². The summed E-state index contributed by atoms with van der Waals surface area (Å²) in [4.78, 5) is 30.9. The second kappa shape index (κ2) is 15.4. The molecule has 48 heavy (non-hydrogen) atoms. The van der Waals surface area contributed by atoms with Crippen LogP contribution >= 0.6 is 11.3 Å². The number of benzene rings is 2. The highest BCUT2D eigenvalue weighted by atomic mass is 32.1. The van der Waals surface area contributed by atoms with Crippen LogP contribution in [-0.4, -0.2) is 64.9 Å². The number of nitrogens with zero attached hydrogens (tertiary/aromatic N) is 1. The minimum Gasteiger partial charge on any atom is -0.497 e. The van der Waals surface area contributed by atoms with Gasteiger partial charge >= 0.3 is 6.03 Å². The Morgan fingerprint density at radius 3 is 2.56 bits per heavy atom. The van der Waals surface area contributed by atoms with Gasteiger partial charge in [0.15, 0.2) is 5.78 Å². The van der Waals surface area contributed by atoms with Crippen molar-refractivity contribution in [2.45, 2.75) is 103 Å². The molecule has 4 atom stereocenters. The molecule has 0 spiro atoms. The van der Waals surface area contributed by atoms with Crippen molar-refractivity contribution in [3.05, 3.63) is 98.8 Å². The number of fused-ring (bicyclic) bond motifs is 8. The first-order chi connectivity index (χ1) is 22.9. The van der Waals surface area contributed by atoms with Crippen LogP contribution in [0, 0.1) is 5.41 Å². The third-order valence-electron chi connectivity index (χ3n) is 10.6. The minimum absolute atomic E-state index is 0.0330. The number of ketones is 1. The van der Waals surface area contributed by atoms with Gasteiger partial charge in [-0.05, 0) is 131 Å². The Kier molecular flexibility index (Phi) is 11.5. The number of hydrogen-bond acceptors (Lipinski definition) is 6. The number of amides is 2. The predicted molar refractivity (Wildman–Crippen MR) is 193 cm³/mol. The molecule has 2 amide bonds. The van der Waals surface area contributed by atoms with E-state index in [0.29, 0.717) is 55.5 Å². The fraction of sp³-hybridized carbons (Fsp3) is 0.500. The first-order valence-electron chi connectivity index (χ1n) is 17.4. The van der Waals surface area contributed by atoms with E-state index in [1.165, 1.54) is 10.5 Å². The summed E-state index contributed by atoms with van der Waals surface area (Å²) in [5, 5.41) is 28.9. The monoisotopic (exact) mass is 672 g/mol. The molecular formula is C40H52N2O5S. The van der Waals surface area contributed by atoms with Crippen molar-refractivity contribution >= 4 is 23.2 Å². The highest BCUT2D eigenvalue weighted by Crippen LogP contribution is 2.59. The van der Waals surface area contributed by atoms with Crippen LogP contribution in [0.5, 0.6) is 5.75 Å². The molecule has 0 radical (unpaired) electrons. The van der Waals surface area contributed by atoms with Crippen LogP contribution in [0.1, 0.15) is 104 Å². The summed E-state index contributed by atoms with van der Waals surface area (Å²) in [5.74, 6) is 0.473. The molecular weight excluding hydrogens is 621 g/mol. The average Bonchev–Trinajstić information content (AvgIpc) is 3.67. The van der Waals surface area contributed by atoms with Gasteiger partial charge < -0.3 is 25.2 Å². The number of urea groups is 1. The number of carbonyl (C=O) groups is 2. The van der Waals surface area contributed by atoms with Gasteiger partial charge in [0.2, 0.25) is 0 Å². The molecule has 0 saturated heterocycles. The summed E-state index contributed by atoms with van der Waals surface area (Å²) >= 11 is 1.68. The molecule has 6 rings (SSSR count). The SMILES string of the molecule is COc1ccc(C(=O)c2cc3ccc2[C@@H]2CC[C@@](O)(CN(CCc4cccs4)C(=O)NC(C)C)[C@@]2(C)CCC=C(C)CC[C@H](O)C3)cc1. The molecule has 0 aliphatic heterocycles. The number of aliphatic hydroxyl groups is 2. The molecule has 2 bridgehead atoms. The smallest absolute Gasteiger partial charge is 0.317 e. The molecule has 3 N–H and O–H groups in total. The van der Waals surface area contributed by atoms with E-state index < -0.39 is 17.1 Å². The van der Waals surface area contributed by atoms with Crippen molar-refractivity contribution in [2.75, 3.05) is 20.2 Å². The Morgan fingerprint density at radius 1 is 1.10 bits per heavy atom. The lowest BCUT2D eigenvalue weighted by molar-refractivity contribution is -0.0769. The lowest BCUT2D eigenvalue weighted by atomic mass is 9.64. The van der Waals surface area contributed by atoms with Gasteiger partial charge in [-0.3, -0.25) is 4.79 Å². The number of nitrogens with one attached hydrogen (secondary N) is 1. The fourth-order valence-electron chi connectivity index (χ4n) is 7.70. The highest BCUT2D eigenvalue weighted by molar-refractivity contribution is 7.09. The Bertz CT molecular complexity index is 1580. The standard InChI is InChI=1S/C40H52N2O5S/c1-27(2)41-38(45)42(22-19-33-9-7-23-48-33)26-40(46)21-18-36-34-17-11-29(24-31(43)14-10-28(3)8-6-20-39(36,40)4)25-35(34)37(44)30-12-15-32(47-5)16-13-30/h7-9,11-13,15-17,23,25,27,31,36,43,46H,6,10,14,18-22,24,26H2,1-5H3,(H,41,45)/t31-,36-,39-,40+/m0/s1. The molecule has 3 aliphatic rings. The Balaban J connectivity index is 1.57. The maximum atomic E-state index is 14.3. The van der Waals surface area contributed by atoms with Gasteiger partial charge in [0.25, 0.3) is 0 Å². The van der Waals surface area contributed by atoms with E-state index in [4.69, 9.17) is 4.74 Å². The summed E-state index contributed by atoms with van der Waals surface area (Å²) in [7, 11) is 1.60. The molecule has 8 heteroatoms. The third kappa shape index (κ3) is 8.04. The molecule has 3 aromatic rings. The molecule has 0 unspecified atom stereocenters. The summed E-state index contributed by atoms with van der Waals surface area (Å²) in [6, 6.07) is 17.1. The summed E-state index contributed by atoms with van der Waals surface area (Å²) < 4.78 is 5.34. The third-order valence-corrected chi connectivity index (χ3v) is 11.6. The Labute approximate surface area is 290 Å². The number of hydrogen-bond donors (Lipinski definition) is 3. The summed E-state index contributed by atoms with van der Waals surface area (Å²) in [5.41, 5.74) is 2.42. The van der Waals surface area contributed by atoms with E-state index in [-0.39, 0.29) is 30.3 Å². The van der Waals surface area contributed by atoms with Crippen LogP contribution in [0.3, 0.4) is 0 Å². The van der Waals surface area contributed by atoms with Crippen LogP contribution < -0.4 is 10.1 Å². The molecule has 1 fully saturated rings. The highest BCUT2D eigenvalue weighted by Gasteiger charge is 2.57. The largest absolute Gasteiger partial charge is 0.497 e. The van der Waals surface area contributed by atoms with Crippen LogP contribution in [0.2, 0.25) is 0 Å². The molecule has 258 valence electrons. The quantitative estimate of drug-likeness (QED) is 0.160. The molecule has 1 aromatic heterocycles. The first kappa shape index (κ1) is 35.8. The number of carbonyl (C=O) groups excluding carboxylic acids is 2. The molecule has 2 aromatic carbocycles. The van der Waals surface area contributed by atoms with Crippen molar-refractivity contribution in [1.29, 1.82) is 0 Å². The first-order valence-corrected chi connectivity index (χ1v) is 18.3. The van der Waals surface area contributed by atoms with Gasteiger partial charge in [0.05, 0.1) is 25.4 Å². The number of aliphatic hydroxyl groups excluding tert-OH is 1. The maximum absolute atomic E-state index is 14.3. The number of ether oxygens (including phenoxy) is 1. The fourth-order valence-corrected chi connectivity index (χ4v) is 8.40. The van der Waals surface area contributed by atoms with E-state index in [9.17, 15) is 19.8 Å². The van der Waals surface area contributed by atoms with Gasteiger partial charge in [-0.2, -0.15) is 0 Å². The zero-order valence-corrected chi connectivity index (χ0v) is 29.9. The van der Waals surface area contributed by atoms with Gasteiger partial charge in [0, 0.05) is 34.0 Å². The Morgan fingerprint density at radius 2 is 1.88 bits per heavy atom. The van der Waals surface area contributed by atoms with Gasteiger partial charge in [-0.1, -0.05) is 36.8 Å². The number of methoxy groups -OCH3 is 1. The van der Waals surface area contributed by atoms with E-state index in [1.807, 2.05) is 37.4 Å². The molecule has 7 nitrogen and oxygen atoms in total. The molecule has 1 heterocycles.